The minimum atomic E-state index is -2.46. The zero-order valence-corrected chi connectivity index (χ0v) is 11.9. The number of carbonyl (C=O) groups is 6. The minimum Gasteiger partial charge on any atom is -0.481 e. The van der Waals surface area contributed by atoms with Gasteiger partial charge in [0.25, 0.3) is 0 Å². The van der Waals surface area contributed by atoms with Crippen molar-refractivity contribution in [3.05, 3.63) is 0 Å². The molecule has 134 valence electrons. The number of carboxylic acids is 6. The molecule has 0 aliphatic rings. The molecule has 0 amide bonds. The average molecular weight is 350 g/mol. The second-order valence-corrected chi connectivity index (χ2v) is 4.81. The summed E-state index contributed by atoms with van der Waals surface area (Å²) in [7, 11) is 0. The van der Waals surface area contributed by atoms with Gasteiger partial charge in [-0.1, -0.05) is 0 Å². The van der Waals surface area contributed by atoms with Crippen LogP contribution in [0.15, 0.2) is 0 Å². The summed E-state index contributed by atoms with van der Waals surface area (Å²) in [6, 6.07) is 0. The van der Waals surface area contributed by atoms with E-state index in [1.165, 1.54) is 0 Å². The van der Waals surface area contributed by atoms with Crippen LogP contribution in [0.3, 0.4) is 0 Å². The molecule has 0 saturated carbocycles. The van der Waals surface area contributed by atoms with E-state index in [1.807, 2.05) is 0 Å². The average Bonchev–Trinajstić information content (AvgIpc) is 2.38. The highest BCUT2D eigenvalue weighted by molar-refractivity contribution is 5.91. The Morgan fingerprint density at radius 1 is 0.500 bits per heavy atom. The summed E-state index contributed by atoms with van der Waals surface area (Å²) in [4.78, 5) is 66.3. The van der Waals surface area contributed by atoms with Gasteiger partial charge in [0.2, 0.25) is 0 Å². The lowest BCUT2D eigenvalue weighted by Crippen LogP contribution is -2.45. The molecule has 4 atom stereocenters. The maximum Gasteiger partial charge on any atom is 0.308 e. The maximum absolute atomic E-state index is 11.3. The molecule has 6 N–H and O–H groups in total. The van der Waals surface area contributed by atoms with Crippen LogP contribution < -0.4 is 0 Å². The molecule has 0 rings (SSSR count). The van der Waals surface area contributed by atoms with Gasteiger partial charge in [0.1, 0.15) is 0 Å². The largest absolute Gasteiger partial charge is 0.481 e. The molecule has 12 nitrogen and oxygen atoms in total. The van der Waals surface area contributed by atoms with Gasteiger partial charge in [-0.15, -0.1) is 0 Å². The zero-order chi connectivity index (χ0) is 19.2. The fraction of sp³-hybridized carbons (Fsp3) is 0.500. The van der Waals surface area contributed by atoms with Crippen LogP contribution in [-0.4, -0.2) is 66.5 Å². The third kappa shape index (κ3) is 5.55. The standard InChI is InChI=1S/C12H14O12/c13-5(14)1-3(9(17)18)7(11(21)22)8(12(23)24)4(10(19)20)2-6(15)16/h3-4,7-8H,1-2H2,(H,13,14)(H,15,16)(H,17,18)(H,19,20)(H,21,22)(H,23,24). The van der Waals surface area contributed by atoms with E-state index in [-0.39, 0.29) is 0 Å². The molecule has 12 heteroatoms. The highest BCUT2D eigenvalue weighted by Gasteiger charge is 2.50. The SMILES string of the molecule is O=C(O)CC(C(=O)O)C(C(=O)O)C(C(=O)O)C(CC(=O)O)C(=O)O. The summed E-state index contributed by atoms with van der Waals surface area (Å²) in [6.45, 7) is 0. The first-order valence-corrected chi connectivity index (χ1v) is 6.24. The molecule has 0 heterocycles. The van der Waals surface area contributed by atoms with Gasteiger partial charge in [0.15, 0.2) is 0 Å². The fourth-order valence-electron chi connectivity index (χ4n) is 2.26. The zero-order valence-electron chi connectivity index (χ0n) is 11.9. The van der Waals surface area contributed by atoms with Crippen molar-refractivity contribution < 1.29 is 59.4 Å². The third-order valence-electron chi connectivity index (χ3n) is 3.25. The Morgan fingerprint density at radius 2 is 0.750 bits per heavy atom. The molecular weight excluding hydrogens is 336 g/mol. The summed E-state index contributed by atoms with van der Waals surface area (Å²) >= 11 is 0. The minimum absolute atomic E-state index is 1.28. The van der Waals surface area contributed by atoms with Crippen LogP contribution in [0.2, 0.25) is 0 Å². The number of hydrogen-bond donors (Lipinski definition) is 6. The first-order chi connectivity index (χ1) is 10.9. The van der Waals surface area contributed by atoms with Crippen LogP contribution in [-0.2, 0) is 28.8 Å². The summed E-state index contributed by atoms with van der Waals surface area (Å²) in [5, 5.41) is 53.6. The monoisotopic (exact) mass is 350 g/mol. The maximum atomic E-state index is 11.3. The molecule has 0 bridgehead atoms. The van der Waals surface area contributed by atoms with E-state index < -0.39 is 72.3 Å². The summed E-state index contributed by atoms with van der Waals surface area (Å²) in [5.41, 5.74) is 0. The molecule has 0 aromatic heterocycles. The molecule has 0 fully saturated rings. The van der Waals surface area contributed by atoms with Crippen molar-refractivity contribution in [1.29, 1.82) is 0 Å². The third-order valence-corrected chi connectivity index (χ3v) is 3.25. The Kier molecular flexibility index (Phi) is 7.33. The summed E-state index contributed by atoms with van der Waals surface area (Å²) in [5.74, 6) is -21.0. The molecule has 0 aromatic carbocycles. The normalized spacial score (nSPS) is 15.5. The molecule has 0 aliphatic carbocycles. The molecule has 0 radical (unpaired) electrons. The summed E-state index contributed by atoms with van der Waals surface area (Å²) < 4.78 is 0. The Bertz CT molecular complexity index is 514. The molecule has 4 unspecified atom stereocenters. The Labute approximate surface area is 132 Å². The summed E-state index contributed by atoms with van der Waals surface area (Å²) in [6.07, 6.45) is -2.56. The quantitative estimate of drug-likeness (QED) is 0.257. The van der Waals surface area contributed by atoms with Gasteiger partial charge in [-0.05, 0) is 0 Å². The molecule has 0 spiro atoms. The van der Waals surface area contributed by atoms with Crippen molar-refractivity contribution in [3.63, 3.8) is 0 Å². The lowest BCUT2D eigenvalue weighted by Gasteiger charge is -2.28. The first-order valence-electron chi connectivity index (χ1n) is 6.24. The van der Waals surface area contributed by atoms with Crippen LogP contribution in [0.25, 0.3) is 0 Å². The lowest BCUT2D eigenvalue weighted by molar-refractivity contribution is -0.171. The molecular formula is C12H14O12. The predicted molar refractivity (Wildman–Crippen MR) is 69.0 cm³/mol. The van der Waals surface area contributed by atoms with Crippen molar-refractivity contribution in [2.75, 3.05) is 0 Å². The van der Waals surface area contributed by atoms with Crippen molar-refractivity contribution >= 4 is 35.8 Å². The lowest BCUT2D eigenvalue weighted by atomic mass is 9.72. The topological polar surface area (TPSA) is 224 Å². The van der Waals surface area contributed by atoms with Crippen LogP contribution in [0.5, 0.6) is 0 Å². The number of aliphatic carboxylic acids is 6. The van der Waals surface area contributed by atoms with E-state index in [2.05, 4.69) is 0 Å². The Morgan fingerprint density at radius 3 is 0.875 bits per heavy atom. The van der Waals surface area contributed by atoms with Crippen molar-refractivity contribution in [2.24, 2.45) is 23.7 Å². The molecule has 24 heavy (non-hydrogen) atoms. The molecule has 0 aromatic rings. The van der Waals surface area contributed by atoms with Crippen LogP contribution in [0.1, 0.15) is 12.8 Å². The Balaban J connectivity index is 6.14. The van der Waals surface area contributed by atoms with E-state index in [9.17, 15) is 28.8 Å². The molecule has 0 aliphatic heterocycles. The second-order valence-electron chi connectivity index (χ2n) is 4.81. The van der Waals surface area contributed by atoms with Gasteiger partial charge in [-0.2, -0.15) is 0 Å². The number of hydrogen-bond acceptors (Lipinski definition) is 6. The fourth-order valence-corrected chi connectivity index (χ4v) is 2.26. The van der Waals surface area contributed by atoms with E-state index >= 15 is 0 Å². The highest BCUT2D eigenvalue weighted by Crippen LogP contribution is 2.33. The van der Waals surface area contributed by atoms with E-state index in [1.54, 1.807) is 0 Å². The first kappa shape index (κ1) is 20.8. The van der Waals surface area contributed by atoms with Gasteiger partial charge in [0.05, 0.1) is 36.5 Å². The van der Waals surface area contributed by atoms with Crippen molar-refractivity contribution in [2.45, 2.75) is 12.8 Å². The smallest absolute Gasteiger partial charge is 0.308 e. The van der Waals surface area contributed by atoms with Crippen molar-refractivity contribution in [3.8, 4) is 0 Å². The van der Waals surface area contributed by atoms with Gasteiger partial charge in [0, 0.05) is 0 Å². The van der Waals surface area contributed by atoms with Gasteiger partial charge in [-0.3, -0.25) is 28.8 Å². The van der Waals surface area contributed by atoms with Gasteiger partial charge in [-0.25, -0.2) is 0 Å². The Hall–Kier alpha value is -3.18. The number of carboxylic acid groups (broad SMARTS) is 6. The van der Waals surface area contributed by atoms with Crippen LogP contribution in [0.4, 0.5) is 0 Å². The van der Waals surface area contributed by atoms with Gasteiger partial charge >= 0.3 is 35.8 Å². The van der Waals surface area contributed by atoms with E-state index in [0.29, 0.717) is 0 Å². The molecule has 0 saturated heterocycles. The van der Waals surface area contributed by atoms with E-state index in [0.717, 1.165) is 0 Å². The predicted octanol–water partition coefficient (Wildman–Crippen LogP) is -1.26. The van der Waals surface area contributed by atoms with Gasteiger partial charge < -0.3 is 30.6 Å². The van der Waals surface area contributed by atoms with Crippen LogP contribution in [0, 0.1) is 23.7 Å². The van der Waals surface area contributed by atoms with E-state index in [4.69, 9.17) is 30.6 Å². The second kappa shape index (κ2) is 8.45. The van der Waals surface area contributed by atoms with Crippen LogP contribution >= 0.6 is 0 Å². The highest BCUT2D eigenvalue weighted by atomic mass is 16.4. The number of rotatable bonds is 11. The van der Waals surface area contributed by atoms with Crippen molar-refractivity contribution in [1.82, 2.24) is 0 Å².